The summed E-state index contributed by atoms with van der Waals surface area (Å²) in [4.78, 5) is 12.4. The normalized spacial score (nSPS) is 13.4. The summed E-state index contributed by atoms with van der Waals surface area (Å²) >= 11 is 0. The van der Waals surface area contributed by atoms with Gasteiger partial charge in [0.2, 0.25) is 0 Å². The molecule has 0 bridgehead atoms. The third-order valence-corrected chi connectivity index (χ3v) is 3.65. The second-order valence-electron chi connectivity index (χ2n) is 5.09. The molecule has 1 aliphatic heterocycles. The number of fused-ring (bicyclic) bond motifs is 1. The van der Waals surface area contributed by atoms with E-state index in [2.05, 4.69) is 5.32 Å². The van der Waals surface area contributed by atoms with E-state index in [1.54, 1.807) is 12.1 Å². The fraction of sp³-hybridized carbons (Fsp3) is 0.235. The lowest BCUT2D eigenvalue weighted by Crippen LogP contribution is -2.16. The van der Waals surface area contributed by atoms with E-state index < -0.39 is 0 Å². The summed E-state index contributed by atoms with van der Waals surface area (Å²) in [6.07, 6.45) is 2.21. The zero-order valence-corrected chi connectivity index (χ0v) is 11.2. The molecule has 3 rings (SSSR count). The molecular formula is C17H16FNO. The molecule has 1 N–H and O–H groups in total. The van der Waals surface area contributed by atoms with Crippen molar-refractivity contribution in [3.63, 3.8) is 0 Å². The maximum atomic E-state index is 13.2. The van der Waals surface area contributed by atoms with Crippen molar-refractivity contribution in [2.45, 2.75) is 19.3 Å². The summed E-state index contributed by atoms with van der Waals surface area (Å²) < 4.78 is 13.2. The van der Waals surface area contributed by atoms with E-state index in [9.17, 15) is 9.18 Å². The van der Waals surface area contributed by atoms with Crippen LogP contribution in [0.4, 0.5) is 10.1 Å². The number of carbonyl (C=O) groups excluding carboxylic acids is 1. The third kappa shape index (κ3) is 2.57. The Hall–Kier alpha value is -2.16. The first kappa shape index (κ1) is 12.9. The number of hydrogen-bond acceptors (Lipinski definition) is 2. The molecule has 0 spiro atoms. The number of hydrogen-bond donors (Lipinski definition) is 1. The Kier molecular flexibility index (Phi) is 3.50. The molecule has 0 unspecified atom stereocenters. The molecule has 0 amide bonds. The van der Waals surface area contributed by atoms with Gasteiger partial charge in [0.05, 0.1) is 0 Å². The van der Waals surface area contributed by atoms with Crippen LogP contribution >= 0.6 is 0 Å². The van der Waals surface area contributed by atoms with E-state index in [0.717, 1.165) is 41.8 Å². The summed E-state index contributed by atoms with van der Waals surface area (Å²) in [6.45, 7) is 0.953. The van der Waals surface area contributed by atoms with Crippen molar-refractivity contribution >= 4 is 11.5 Å². The Morgan fingerprint density at radius 1 is 1.20 bits per heavy atom. The molecular weight excluding hydrogens is 253 g/mol. The van der Waals surface area contributed by atoms with E-state index in [4.69, 9.17) is 0 Å². The first-order valence-electron chi connectivity index (χ1n) is 6.87. The maximum absolute atomic E-state index is 13.2. The van der Waals surface area contributed by atoms with Crippen LogP contribution in [0.2, 0.25) is 0 Å². The van der Waals surface area contributed by atoms with Gasteiger partial charge in [-0.3, -0.25) is 4.79 Å². The van der Waals surface area contributed by atoms with Gasteiger partial charge in [0.1, 0.15) is 5.82 Å². The first-order valence-corrected chi connectivity index (χ1v) is 6.87. The van der Waals surface area contributed by atoms with Crippen molar-refractivity contribution in [1.82, 2.24) is 0 Å². The fourth-order valence-electron chi connectivity index (χ4n) is 2.70. The predicted molar refractivity (Wildman–Crippen MR) is 77.7 cm³/mol. The highest BCUT2D eigenvalue weighted by atomic mass is 19.1. The van der Waals surface area contributed by atoms with Crippen LogP contribution in [-0.4, -0.2) is 12.3 Å². The monoisotopic (exact) mass is 269 g/mol. The lowest BCUT2D eigenvalue weighted by molar-refractivity contribution is 0.0992. The van der Waals surface area contributed by atoms with Gasteiger partial charge in [-0.05, 0) is 42.2 Å². The molecule has 0 saturated heterocycles. The van der Waals surface area contributed by atoms with Gasteiger partial charge in [0, 0.05) is 24.2 Å². The average Bonchev–Trinajstić information content (AvgIpc) is 2.46. The van der Waals surface area contributed by atoms with E-state index in [0.29, 0.717) is 0 Å². The largest absolute Gasteiger partial charge is 0.385 e. The molecule has 0 saturated carbocycles. The highest BCUT2D eigenvalue weighted by Gasteiger charge is 2.17. The first-order chi connectivity index (χ1) is 9.74. The Bertz CT molecular complexity index is 651. The van der Waals surface area contributed by atoms with E-state index >= 15 is 0 Å². The van der Waals surface area contributed by atoms with Crippen LogP contribution in [0.15, 0.2) is 42.5 Å². The maximum Gasteiger partial charge on any atom is 0.167 e. The van der Waals surface area contributed by atoms with Crippen molar-refractivity contribution < 1.29 is 9.18 Å². The van der Waals surface area contributed by atoms with Crippen LogP contribution in [-0.2, 0) is 12.8 Å². The van der Waals surface area contributed by atoms with Crippen molar-refractivity contribution in [2.24, 2.45) is 0 Å². The van der Waals surface area contributed by atoms with Gasteiger partial charge in [-0.2, -0.15) is 0 Å². The number of benzene rings is 2. The van der Waals surface area contributed by atoms with Gasteiger partial charge in [-0.15, -0.1) is 0 Å². The molecule has 0 aliphatic carbocycles. The molecule has 20 heavy (non-hydrogen) atoms. The second-order valence-corrected chi connectivity index (χ2v) is 5.09. The van der Waals surface area contributed by atoms with Crippen LogP contribution in [0.1, 0.15) is 27.9 Å². The number of carbonyl (C=O) groups is 1. The van der Waals surface area contributed by atoms with Gasteiger partial charge in [-0.1, -0.05) is 24.3 Å². The second kappa shape index (κ2) is 5.45. The van der Waals surface area contributed by atoms with Crippen molar-refractivity contribution in [3.05, 3.63) is 65.0 Å². The van der Waals surface area contributed by atoms with Crippen LogP contribution in [0, 0.1) is 5.82 Å². The van der Waals surface area contributed by atoms with E-state index in [-0.39, 0.29) is 18.0 Å². The van der Waals surface area contributed by atoms with Crippen LogP contribution in [0.3, 0.4) is 0 Å². The Morgan fingerprint density at radius 2 is 2.05 bits per heavy atom. The molecule has 0 atom stereocenters. The zero-order chi connectivity index (χ0) is 13.9. The molecule has 2 aromatic rings. The SMILES string of the molecule is O=C(Cc1cccc(F)c1)c1cccc2c1CCCN2. The van der Waals surface area contributed by atoms with Crippen LogP contribution in [0.5, 0.6) is 0 Å². The standard InChI is InChI=1S/C17H16FNO/c18-13-5-1-4-12(10-13)11-17(20)15-6-2-8-16-14(15)7-3-9-19-16/h1-2,4-6,8,10,19H,3,7,9,11H2. The topological polar surface area (TPSA) is 29.1 Å². The smallest absolute Gasteiger partial charge is 0.167 e. The number of nitrogens with one attached hydrogen (secondary N) is 1. The van der Waals surface area contributed by atoms with Crippen LogP contribution < -0.4 is 5.32 Å². The number of halogens is 1. The Balaban J connectivity index is 1.88. The Labute approximate surface area is 117 Å². The Morgan fingerprint density at radius 3 is 2.90 bits per heavy atom. The molecule has 2 aromatic carbocycles. The van der Waals surface area contributed by atoms with Gasteiger partial charge >= 0.3 is 0 Å². The number of rotatable bonds is 3. The van der Waals surface area contributed by atoms with Crippen LogP contribution in [0.25, 0.3) is 0 Å². The lowest BCUT2D eigenvalue weighted by atomic mass is 9.93. The molecule has 0 aromatic heterocycles. The fourth-order valence-corrected chi connectivity index (χ4v) is 2.70. The summed E-state index contributed by atoms with van der Waals surface area (Å²) in [6, 6.07) is 12.0. The van der Waals surface area contributed by atoms with Gasteiger partial charge in [0.25, 0.3) is 0 Å². The minimum Gasteiger partial charge on any atom is -0.385 e. The molecule has 1 aliphatic rings. The average molecular weight is 269 g/mol. The number of Topliss-reactive ketones (excluding diaryl/α,β-unsaturated/α-hetero) is 1. The molecule has 3 heteroatoms. The number of ketones is 1. The lowest BCUT2D eigenvalue weighted by Gasteiger charge is -2.20. The predicted octanol–water partition coefficient (Wildman–Crippen LogP) is 3.61. The molecule has 2 nitrogen and oxygen atoms in total. The minimum absolute atomic E-state index is 0.0520. The molecule has 0 radical (unpaired) electrons. The minimum atomic E-state index is -0.299. The van der Waals surface area contributed by atoms with Crippen molar-refractivity contribution in [2.75, 3.05) is 11.9 Å². The van der Waals surface area contributed by atoms with Crippen molar-refractivity contribution in [3.8, 4) is 0 Å². The zero-order valence-electron chi connectivity index (χ0n) is 11.2. The quantitative estimate of drug-likeness (QED) is 0.862. The van der Waals surface area contributed by atoms with Gasteiger partial charge in [-0.25, -0.2) is 4.39 Å². The van der Waals surface area contributed by atoms with E-state index in [1.165, 1.54) is 12.1 Å². The van der Waals surface area contributed by atoms with Crippen molar-refractivity contribution in [1.29, 1.82) is 0 Å². The molecule has 0 fully saturated rings. The summed E-state index contributed by atoms with van der Waals surface area (Å²) in [5, 5.41) is 3.32. The summed E-state index contributed by atoms with van der Waals surface area (Å²) in [5.41, 5.74) is 3.64. The van der Waals surface area contributed by atoms with Gasteiger partial charge < -0.3 is 5.32 Å². The number of anilines is 1. The summed E-state index contributed by atoms with van der Waals surface area (Å²) in [5.74, 6) is -0.247. The third-order valence-electron chi connectivity index (χ3n) is 3.65. The molecule has 102 valence electrons. The van der Waals surface area contributed by atoms with E-state index in [1.807, 2.05) is 18.2 Å². The summed E-state index contributed by atoms with van der Waals surface area (Å²) in [7, 11) is 0. The van der Waals surface area contributed by atoms with Gasteiger partial charge in [0.15, 0.2) is 5.78 Å². The highest BCUT2D eigenvalue weighted by Crippen LogP contribution is 2.26. The highest BCUT2D eigenvalue weighted by molar-refractivity contribution is 6.00. The molecule has 1 heterocycles.